The topological polar surface area (TPSA) is 365 Å². The number of amides is 6. The van der Waals surface area contributed by atoms with Gasteiger partial charge >= 0.3 is 56.1 Å². The molecule has 38 heteroatoms. The number of alkyl halides is 2. The van der Waals surface area contributed by atoms with Crippen molar-refractivity contribution >= 4 is 114 Å². The monoisotopic (exact) mass is 2110 g/mol. The number of hydrogen-bond acceptors (Lipinski definition) is 22. The molecule has 0 saturated carbocycles. The number of nitrogens with zero attached hydrogens (tertiary/aromatic N) is 9. The molecule has 3 aromatic heterocycles. The van der Waals surface area contributed by atoms with Crippen molar-refractivity contribution in [2.45, 2.75) is 279 Å². The van der Waals surface area contributed by atoms with E-state index in [-0.39, 0.29) is 97.1 Å². The van der Waals surface area contributed by atoms with Crippen LogP contribution >= 0.6 is 47.8 Å². The summed E-state index contributed by atoms with van der Waals surface area (Å²) in [5, 5.41) is 2.70. The number of carbonyl (C=O) groups is 9. The molecule has 138 heavy (non-hydrogen) atoms. The largest absolute Gasteiger partial charge is 0.494 e. The number of alkyl carbamates (subject to hydrolysis) is 1. The number of benzene rings is 4. The number of likely N-dealkylation sites (tertiary alicyclic amines) is 5. The number of carbonyl (C=O) groups excluding carboxylic acids is 9. The Morgan fingerprint density at radius 1 is 0.500 bits per heavy atom. The van der Waals surface area contributed by atoms with Gasteiger partial charge in [0.15, 0.2) is 12.4 Å². The molecule has 6 saturated heterocycles. The maximum absolute atomic E-state index is 13.4. The van der Waals surface area contributed by atoms with Crippen LogP contribution in [0.2, 0.25) is 0 Å². The van der Waals surface area contributed by atoms with Gasteiger partial charge in [-0.25, -0.2) is 55.1 Å². The maximum atomic E-state index is 13.4. The van der Waals surface area contributed by atoms with Crippen LogP contribution in [-0.2, 0) is 61.6 Å². The highest BCUT2D eigenvalue weighted by molar-refractivity contribution is 9.11. The number of hydrogen-bond donors (Lipinski definition) is 4. The van der Waals surface area contributed by atoms with Crippen LogP contribution in [0.5, 0.6) is 0 Å². The van der Waals surface area contributed by atoms with Gasteiger partial charge in [-0.3, -0.25) is 29.2 Å². The highest BCUT2D eigenvalue weighted by Crippen LogP contribution is 2.43. The predicted octanol–water partition coefficient (Wildman–Crippen LogP) is 20.6. The smallest absolute Gasteiger partial charge is 0.467 e. The molecule has 2 unspecified atom stereocenters. The molecule has 4 N–H and O–H groups in total. The zero-order valence-electron chi connectivity index (χ0n) is 83.3. The van der Waals surface area contributed by atoms with Crippen LogP contribution in [0.3, 0.4) is 0 Å². The van der Waals surface area contributed by atoms with Gasteiger partial charge in [-0.1, -0.05) is 162 Å². The van der Waals surface area contributed by atoms with Gasteiger partial charge < -0.3 is 77.2 Å². The Morgan fingerprint density at radius 3 is 1.25 bits per heavy atom. The molecule has 752 valence electrons. The summed E-state index contributed by atoms with van der Waals surface area (Å²) in [4.78, 5) is 147. The minimum Gasteiger partial charge on any atom is -0.467 e. The van der Waals surface area contributed by atoms with Crippen molar-refractivity contribution in [3.63, 3.8) is 0 Å². The van der Waals surface area contributed by atoms with E-state index in [0.29, 0.717) is 62.2 Å². The van der Waals surface area contributed by atoms with Gasteiger partial charge in [0.1, 0.15) is 70.6 Å². The first-order valence-electron chi connectivity index (χ1n) is 46.7. The summed E-state index contributed by atoms with van der Waals surface area (Å²) in [7, 11) is 2.09. The van der Waals surface area contributed by atoms with Crippen molar-refractivity contribution in [2.75, 3.05) is 60.2 Å². The lowest BCUT2D eigenvalue weighted by atomic mass is 9.79. The zero-order valence-corrected chi connectivity index (χ0v) is 88.1. The number of aromatic nitrogens is 6. The van der Waals surface area contributed by atoms with Crippen LogP contribution in [0.1, 0.15) is 243 Å². The molecule has 32 nitrogen and oxygen atoms in total. The van der Waals surface area contributed by atoms with E-state index in [1.165, 1.54) is 24.0 Å². The van der Waals surface area contributed by atoms with Crippen molar-refractivity contribution in [1.29, 1.82) is 0 Å². The molecule has 6 aliphatic heterocycles. The van der Waals surface area contributed by atoms with Gasteiger partial charge in [0, 0.05) is 51.1 Å². The normalized spacial score (nSPS) is 21.3. The minimum absolute atomic E-state index is 0.0622. The van der Waals surface area contributed by atoms with E-state index in [1.807, 2.05) is 185 Å². The van der Waals surface area contributed by atoms with Crippen LogP contribution in [0, 0.1) is 36.2 Å². The summed E-state index contributed by atoms with van der Waals surface area (Å²) < 4.78 is 80.0. The molecule has 0 bridgehead atoms. The summed E-state index contributed by atoms with van der Waals surface area (Å²) in [5.41, 5.74) is 3.95. The van der Waals surface area contributed by atoms with E-state index in [1.54, 1.807) is 76.9 Å². The Morgan fingerprint density at radius 2 is 0.855 bits per heavy atom. The summed E-state index contributed by atoms with van der Waals surface area (Å²) in [6, 6.07) is 27.9. The third-order valence-corrected chi connectivity index (χ3v) is 26.0. The van der Waals surface area contributed by atoms with E-state index in [4.69, 9.17) is 44.3 Å². The molecule has 0 aliphatic carbocycles. The van der Waals surface area contributed by atoms with E-state index >= 15 is 0 Å². The summed E-state index contributed by atoms with van der Waals surface area (Å²) >= 11 is 10.2. The fourth-order valence-electron chi connectivity index (χ4n) is 16.4. The number of esters is 2. The first-order valence-corrected chi connectivity index (χ1v) is 49.1. The number of H-pyrrole nitrogens is 3. The number of methoxy groups -OCH3 is 2. The van der Waals surface area contributed by atoms with Gasteiger partial charge in [-0.05, 0) is 219 Å². The van der Waals surface area contributed by atoms with Crippen molar-refractivity contribution in [1.82, 2.24) is 59.7 Å². The summed E-state index contributed by atoms with van der Waals surface area (Å²) in [6.07, 6.45) is 8.80. The van der Waals surface area contributed by atoms with Crippen LogP contribution in [0.25, 0.3) is 38.6 Å². The second-order valence-electron chi connectivity index (χ2n) is 40.5. The van der Waals surface area contributed by atoms with Crippen LogP contribution in [-0.4, -0.2) is 240 Å². The lowest BCUT2D eigenvalue weighted by Gasteiger charge is -2.32. The molecule has 0 spiro atoms. The minimum atomic E-state index is -2.88. The van der Waals surface area contributed by atoms with Gasteiger partial charge in [0.2, 0.25) is 11.9 Å². The Bertz CT molecular complexity index is 5290. The Kier molecular flexibility index (Phi) is 38.9. The lowest BCUT2D eigenvalue weighted by Crippen LogP contribution is -2.51. The van der Waals surface area contributed by atoms with Gasteiger partial charge in [-0.15, -0.1) is 0 Å². The van der Waals surface area contributed by atoms with Crippen LogP contribution < -0.4 is 10.8 Å². The Hall–Kier alpha value is -10.3. The molecular formula is C100H135BBr3F2N13O19. The average Bonchev–Trinajstić information content (AvgIpc) is 1.61. The molecule has 6 fully saturated rings. The number of aromatic amines is 3. The standard InChI is InChI=1S/C25H33BN4O4.C22H29BrN4O3.C20H26BrN3O2.C20H26BrNO5.C13H21F2NO5/c1-23(2,3)32-22(31)30-15-18(27-8)13-20(30)21-28-14-19(29-21)16-9-11-17(12-10-16)26-33-24(4,5)25(6,7)34-26;1-5-14-10-18(20-24-11-17(25-20)15-6-8-16(23)9-7-15)27(12-14)21(28)19(13(2)3)26-22(29)30-4;1-5-13-10-17(24(12-13)19(25)26-20(2,3)4)18-22-11-16(23-18)14-6-8-15(21)9-7-14;1-5-13-10-16(22(11-13)19(25)27-20(2,3)4)18(24)26-12-17(23)14-6-8-15(21)9-7-14;1-13(2,3)21-12(18)16-6-8(7-20-11(14)15)5-9(16)10(17)19-4/h9-12,14,18,20H,13,15H2,1-7H3,(H,28,29);6-9,11,13-14,18-19H,5,10,12H2,1-4H3,(H,24,25)(H,26,29);6-9,11,13,17H,5,10,12H2,1-4H3,(H,22,23);6-9,13,16H,5,10-12H2,1-4H3;8-9,11H,5-7H2,1-4H3/t18-,20-;14-,18-,19-;13-,17-;13?,16-;8?,9-/m00000/s1. The third-order valence-electron chi connectivity index (χ3n) is 24.4. The van der Waals surface area contributed by atoms with Gasteiger partial charge in [0.05, 0.1) is 86.2 Å². The Balaban J connectivity index is 0.000000195. The van der Waals surface area contributed by atoms with Crippen molar-refractivity contribution in [3.8, 4) is 33.8 Å². The highest BCUT2D eigenvalue weighted by atomic mass is 79.9. The third kappa shape index (κ3) is 31.3. The predicted molar refractivity (Wildman–Crippen MR) is 528 cm³/mol. The molecule has 6 aliphatic rings. The molecule has 6 amide bonds. The number of nitrogens with one attached hydrogen (secondary N) is 4. The Labute approximate surface area is 834 Å². The van der Waals surface area contributed by atoms with Crippen molar-refractivity contribution < 1.29 is 99.1 Å². The molecular weight excluding hydrogens is 1980 g/mol. The summed E-state index contributed by atoms with van der Waals surface area (Å²) in [6.45, 7) is 46.2. The number of rotatable bonds is 21. The van der Waals surface area contributed by atoms with Crippen molar-refractivity contribution in [3.05, 3.63) is 164 Å². The van der Waals surface area contributed by atoms with Crippen molar-refractivity contribution in [2.24, 2.45) is 29.6 Å². The first kappa shape index (κ1) is 111. The number of halogens is 5. The summed E-state index contributed by atoms with van der Waals surface area (Å²) in [5.74, 6) is 1.34. The molecule has 9 heterocycles. The maximum Gasteiger partial charge on any atom is 0.494 e. The molecule has 11 atom stereocenters. The molecule has 7 aromatic rings. The first-order chi connectivity index (χ1) is 64.6. The van der Waals surface area contributed by atoms with Gasteiger partial charge in [0.25, 0.3) is 0 Å². The van der Waals surface area contributed by atoms with Crippen LogP contribution in [0.15, 0.2) is 129 Å². The zero-order chi connectivity index (χ0) is 102. The average molecular weight is 2110 g/mol. The SMILES string of the molecule is CCC1C[C@@H](C(=O)OCC(=O)c2ccc(Br)cc2)N(C(=O)OC(C)(C)C)C1.CC[C@H]1C[C@@H](c2ncc(-c3ccc(Br)cc3)[nH]2)N(C(=O)OC(C)(C)C)C1.CC[C@H]1C[C@@H](c2ncc(-c3ccc(Br)cc3)[nH]2)N(C(=O)[C@@H](NC(=O)OC)C(C)C)C1.COC(=O)[C@@H]1CC(COC(F)F)CN1C(=O)OC(C)(C)C.[C-]#[N+][C@H]1C[C@@H](c2ncc(-c3ccc(B4OC(C)(C)C(C)(C)O4)cc3)[nH]2)N(C(=O)OC(C)(C)C)C1. The number of ether oxygens (including phenoxy) is 8. The number of ketones is 1. The van der Waals surface area contributed by atoms with Gasteiger partial charge in [-0.2, -0.15) is 8.78 Å². The van der Waals surface area contributed by atoms with E-state index in [9.17, 15) is 51.9 Å². The molecule has 0 radical (unpaired) electrons. The molecule has 4 aromatic carbocycles. The second kappa shape index (κ2) is 48.2. The van der Waals surface area contributed by atoms with E-state index < -0.39 is 90.6 Å². The number of imidazole rings is 3. The fraction of sp³-hybridized carbons (Fsp3) is 0.570. The van der Waals surface area contributed by atoms with E-state index in [0.717, 1.165) is 96.4 Å². The molecule has 13 rings (SSSR count). The van der Waals surface area contributed by atoms with Crippen LogP contribution in [0.4, 0.5) is 32.8 Å². The quantitative estimate of drug-likeness (QED) is 0.0171. The second-order valence-corrected chi connectivity index (χ2v) is 43.3. The highest BCUT2D eigenvalue weighted by Gasteiger charge is 2.53. The number of Topliss-reactive ketones (excluding diaryl/α,β-unsaturated/α-hetero) is 1. The van der Waals surface area contributed by atoms with E-state index in [2.05, 4.69) is 111 Å². The fourth-order valence-corrected chi connectivity index (χ4v) is 17.1. The lowest BCUT2D eigenvalue weighted by molar-refractivity contribution is -0.147.